The van der Waals surface area contributed by atoms with Gasteiger partial charge in [0, 0.05) is 5.75 Å². The van der Waals surface area contributed by atoms with Gasteiger partial charge < -0.3 is 0 Å². The Morgan fingerprint density at radius 3 is 2.82 bits per heavy atom. The van der Waals surface area contributed by atoms with Gasteiger partial charge in [0.05, 0.1) is 8.42 Å². The maximum atomic E-state index is 3.68. The third kappa shape index (κ3) is 2.93. The van der Waals surface area contributed by atoms with E-state index in [1.807, 2.05) is 29.2 Å². The first-order valence-corrected chi connectivity index (χ1v) is 6.27. The first kappa shape index (κ1) is 9.23. The third-order valence-corrected chi connectivity index (χ3v) is 4.49. The summed E-state index contributed by atoms with van der Waals surface area (Å²) in [4.78, 5) is 0. The molecule has 1 rings (SSSR count). The first-order chi connectivity index (χ1) is 5.36. The van der Waals surface area contributed by atoms with Gasteiger partial charge in [0.2, 0.25) is 0 Å². The van der Waals surface area contributed by atoms with Gasteiger partial charge in [-0.3, -0.25) is 0 Å². The van der Waals surface area contributed by atoms with Crippen LogP contribution >= 0.6 is 34.9 Å². The number of thioether (sulfide) groups is 2. The second kappa shape index (κ2) is 4.91. The summed E-state index contributed by atoms with van der Waals surface area (Å²) < 4.78 is 2.77. The van der Waals surface area contributed by atoms with Gasteiger partial charge in [-0.25, -0.2) is 0 Å². The first-order valence-electron chi connectivity index (χ1n) is 3.24. The fourth-order valence-electron chi connectivity index (χ4n) is 0.632. The molecular formula is C8H10S3. The lowest BCUT2D eigenvalue weighted by Crippen LogP contribution is -1.63. The van der Waals surface area contributed by atoms with Crippen LogP contribution in [0.5, 0.6) is 0 Å². The second-order valence-electron chi connectivity index (χ2n) is 1.88. The van der Waals surface area contributed by atoms with Crippen molar-refractivity contribution in [3.05, 3.63) is 24.8 Å². The highest BCUT2D eigenvalue weighted by Crippen LogP contribution is 2.31. The highest BCUT2D eigenvalue weighted by Gasteiger charge is 1.96. The van der Waals surface area contributed by atoms with Gasteiger partial charge in [-0.15, -0.1) is 41.4 Å². The molecule has 3 heteroatoms. The van der Waals surface area contributed by atoms with Gasteiger partial charge in [0.15, 0.2) is 0 Å². The van der Waals surface area contributed by atoms with Crippen molar-refractivity contribution in [1.29, 1.82) is 0 Å². The van der Waals surface area contributed by atoms with Gasteiger partial charge in [-0.1, -0.05) is 6.08 Å². The normalized spacial score (nSPS) is 9.91. The molecule has 0 spiro atoms. The summed E-state index contributed by atoms with van der Waals surface area (Å²) in [6.45, 7) is 3.68. The SMILES string of the molecule is C=CCSc1ccc(SC)s1. The summed E-state index contributed by atoms with van der Waals surface area (Å²) in [5.74, 6) is 1.01. The highest BCUT2D eigenvalue weighted by molar-refractivity contribution is 8.03. The Labute approximate surface area is 80.1 Å². The van der Waals surface area contributed by atoms with Crippen molar-refractivity contribution in [2.24, 2.45) is 0 Å². The lowest BCUT2D eigenvalue weighted by molar-refractivity contribution is 1.67. The minimum atomic E-state index is 1.01. The molecule has 1 aromatic heterocycles. The lowest BCUT2D eigenvalue weighted by atomic mass is 10.7. The van der Waals surface area contributed by atoms with Crippen LogP contribution in [0.25, 0.3) is 0 Å². The Morgan fingerprint density at radius 1 is 1.55 bits per heavy atom. The maximum Gasteiger partial charge on any atom is 0.0613 e. The van der Waals surface area contributed by atoms with Crippen LogP contribution < -0.4 is 0 Å². The van der Waals surface area contributed by atoms with Gasteiger partial charge in [-0.2, -0.15) is 0 Å². The predicted molar refractivity (Wildman–Crippen MR) is 57.0 cm³/mol. The molecule has 0 fully saturated rings. The number of hydrogen-bond donors (Lipinski definition) is 0. The Hall–Kier alpha value is 0.140. The minimum absolute atomic E-state index is 1.01. The van der Waals surface area contributed by atoms with Crippen LogP contribution in [0.1, 0.15) is 0 Å². The summed E-state index contributed by atoms with van der Waals surface area (Å²) in [5, 5.41) is 0. The van der Waals surface area contributed by atoms with Crippen molar-refractivity contribution in [3.8, 4) is 0 Å². The van der Waals surface area contributed by atoms with Crippen LogP contribution in [0.2, 0.25) is 0 Å². The Balaban J connectivity index is 2.50. The fourth-order valence-corrected chi connectivity index (χ4v) is 3.22. The molecule has 60 valence electrons. The summed E-state index contributed by atoms with van der Waals surface area (Å²) in [7, 11) is 0. The number of thiophene rings is 1. The molecule has 0 unspecified atom stereocenters. The summed E-state index contributed by atoms with van der Waals surface area (Å²) in [6, 6.07) is 4.34. The summed E-state index contributed by atoms with van der Waals surface area (Å²) in [5.41, 5.74) is 0. The molecule has 0 bridgehead atoms. The van der Waals surface area contributed by atoms with Crippen molar-refractivity contribution in [2.45, 2.75) is 8.42 Å². The van der Waals surface area contributed by atoms with E-state index in [9.17, 15) is 0 Å². The largest absolute Gasteiger partial charge is 0.122 e. The molecule has 0 aliphatic carbocycles. The third-order valence-electron chi connectivity index (χ3n) is 1.10. The van der Waals surface area contributed by atoms with Crippen molar-refractivity contribution in [2.75, 3.05) is 12.0 Å². The van der Waals surface area contributed by atoms with Crippen LogP contribution in [0, 0.1) is 0 Å². The van der Waals surface area contributed by atoms with Crippen molar-refractivity contribution in [3.63, 3.8) is 0 Å². The molecule has 0 aliphatic rings. The maximum absolute atomic E-state index is 3.68. The van der Waals surface area contributed by atoms with Gasteiger partial charge in [0.25, 0.3) is 0 Å². The highest BCUT2D eigenvalue weighted by atomic mass is 32.2. The molecule has 1 aromatic rings. The van der Waals surface area contributed by atoms with Crippen molar-refractivity contribution < 1.29 is 0 Å². The molecule has 0 saturated carbocycles. The van der Waals surface area contributed by atoms with Crippen LogP contribution in [0.3, 0.4) is 0 Å². The van der Waals surface area contributed by atoms with E-state index in [2.05, 4.69) is 25.0 Å². The predicted octanol–water partition coefficient (Wildman–Crippen LogP) is 3.75. The minimum Gasteiger partial charge on any atom is -0.122 e. The average molecular weight is 202 g/mol. The van der Waals surface area contributed by atoms with Gasteiger partial charge in [-0.05, 0) is 18.4 Å². The molecule has 0 radical (unpaired) electrons. The zero-order valence-electron chi connectivity index (χ0n) is 6.37. The quantitative estimate of drug-likeness (QED) is 0.539. The van der Waals surface area contributed by atoms with Gasteiger partial charge >= 0.3 is 0 Å². The van der Waals surface area contributed by atoms with Crippen LogP contribution in [-0.4, -0.2) is 12.0 Å². The molecule has 1 heterocycles. The smallest absolute Gasteiger partial charge is 0.0613 e. The van der Waals surface area contributed by atoms with Crippen LogP contribution in [0.15, 0.2) is 33.2 Å². The van der Waals surface area contributed by atoms with Crippen LogP contribution in [0.4, 0.5) is 0 Å². The van der Waals surface area contributed by atoms with Crippen molar-refractivity contribution >= 4 is 34.9 Å². The van der Waals surface area contributed by atoms with E-state index in [0.717, 1.165) is 5.75 Å². The summed E-state index contributed by atoms with van der Waals surface area (Å²) in [6.07, 6.45) is 4.04. The van der Waals surface area contributed by atoms with Crippen LogP contribution in [-0.2, 0) is 0 Å². The molecule has 0 N–H and O–H groups in total. The Kier molecular flexibility index (Phi) is 4.12. The van der Waals surface area contributed by atoms with E-state index in [1.165, 1.54) is 8.42 Å². The van der Waals surface area contributed by atoms with Crippen molar-refractivity contribution in [1.82, 2.24) is 0 Å². The standard InChI is InChI=1S/C8H10S3/c1-3-6-10-8-5-4-7(9-2)11-8/h3-5H,1,6H2,2H3. The second-order valence-corrected chi connectivity index (χ2v) is 5.39. The number of hydrogen-bond acceptors (Lipinski definition) is 3. The molecule has 11 heavy (non-hydrogen) atoms. The molecular weight excluding hydrogens is 192 g/mol. The molecule has 0 amide bonds. The molecule has 0 atom stereocenters. The Bertz CT molecular complexity index is 227. The lowest BCUT2D eigenvalue weighted by Gasteiger charge is -1.89. The van der Waals surface area contributed by atoms with E-state index < -0.39 is 0 Å². The monoisotopic (exact) mass is 202 g/mol. The summed E-state index contributed by atoms with van der Waals surface area (Å²) >= 11 is 5.50. The van der Waals surface area contributed by atoms with E-state index in [1.54, 1.807) is 11.8 Å². The average Bonchev–Trinajstić information content (AvgIpc) is 2.48. The van der Waals surface area contributed by atoms with E-state index >= 15 is 0 Å². The molecule has 0 nitrogen and oxygen atoms in total. The molecule has 0 aromatic carbocycles. The molecule has 0 saturated heterocycles. The zero-order chi connectivity index (χ0) is 8.10. The fraction of sp³-hybridized carbons (Fsp3) is 0.250. The number of rotatable bonds is 4. The van der Waals surface area contributed by atoms with E-state index in [-0.39, 0.29) is 0 Å². The zero-order valence-corrected chi connectivity index (χ0v) is 8.82. The van der Waals surface area contributed by atoms with Gasteiger partial charge in [0.1, 0.15) is 0 Å². The molecule has 0 aliphatic heterocycles. The van der Waals surface area contributed by atoms with E-state index in [4.69, 9.17) is 0 Å². The van der Waals surface area contributed by atoms with E-state index in [0.29, 0.717) is 0 Å². The Morgan fingerprint density at radius 2 is 2.27 bits per heavy atom. The topological polar surface area (TPSA) is 0 Å².